The average Bonchev–Trinajstić information content (AvgIpc) is 2.92. The van der Waals surface area contributed by atoms with E-state index in [1.807, 2.05) is 24.3 Å². The Labute approximate surface area is 123 Å². The van der Waals surface area contributed by atoms with Crippen molar-refractivity contribution in [2.24, 2.45) is 0 Å². The summed E-state index contributed by atoms with van der Waals surface area (Å²) in [5, 5.41) is 12.7. The second kappa shape index (κ2) is 6.06. The lowest BCUT2D eigenvalue weighted by Gasteiger charge is -2.22. The third-order valence-corrected chi connectivity index (χ3v) is 4.10. The van der Waals surface area contributed by atoms with E-state index in [4.69, 9.17) is 0 Å². The molecule has 2 unspecified atom stereocenters. The van der Waals surface area contributed by atoms with E-state index in [-0.39, 0.29) is 5.92 Å². The summed E-state index contributed by atoms with van der Waals surface area (Å²) in [5.41, 5.74) is 3.44. The van der Waals surface area contributed by atoms with Crippen LogP contribution in [-0.4, -0.2) is 22.1 Å². The number of nitrogens with zero attached hydrogens (tertiary/aromatic N) is 1. The van der Waals surface area contributed by atoms with Crippen molar-refractivity contribution in [3.8, 4) is 0 Å². The normalized spacial score (nSPS) is 18.2. The Hall–Kier alpha value is -2.20. The van der Waals surface area contributed by atoms with Gasteiger partial charge in [-0.05, 0) is 35.6 Å². The van der Waals surface area contributed by atoms with Crippen LogP contribution in [0.25, 0.3) is 0 Å². The number of aryl methyl sites for hydroxylation is 1. The van der Waals surface area contributed by atoms with Gasteiger partial charge in [-0.15, -0.1) is 0 Å². The molecule has 1 aliphatic rings. The molecule has 4 heteroatoms. The molecular formula is C17H18N2O2. The highest BCUT2D eigenvalue weighted by atomic mass is 16.4. The summed E-state index contributed by atoms with van der Waals surface area (Å²) in [6.07, 6.45) is 5.31. The molecule has 0 amide bonds. The highest BCUT2D eigenvalue weighted by Gasteiger charge is 2.33. The summed E-state index contributed by atoms with van der Waals surface area (Å²) in [6.45, 7) is 0.517. The number of fused-ring (bicyclic) bond motifs is 1. The van der Waals surface area contributed by atoms with Crippen LogP contribution in [0.1, 0.15) is 29.0 Å². The molecule has 1 aromatic heterocycles. The molecule has 0 spiro atoms. The molecule has 3 rings (SSSR count). The second-order valence-electron chi connectivity index (χ2n) is 5.40. The van der Waals surface area contributed by atoms with Crippen LogP contribution in [-0.2, 0) is 17.8 Å². The standard InChI is InChI=1S/C17H18N2O2/c20-17(21)16(19-11-12-4-3-9-18-10-12)15-8-7-13-5-1-2-6-14(13)15/h1-6,9-10,15-16,19H,7-8,11H2,(H,20,21). The Morgan fingerprint density at radius 3 is 2.95 bits per heavy atom. The number of carboxylic acids is 1. The van der Waals surface area contributed by atoms with Gasteiger partial charge < -0.3 is 5.11 Å². The number of benzene rings is 1. The van der Waals surface area contributed by atoms with Crippen molar-refractivity contribution in [2.45, 2.75) is 31.3 Å². The Morgan fingerprint density at radius 2 is 2.19 bits per heavy atom. The minimum atomic E-state index is -0.791. The second-order valence-corrected chi connectivity index (χ2v) is 5.40. The van der Waals surface area contributed by atoms with Gasteiger partial charge in [0.2, 0.25) is 0 Å². The van der Waals surface area contributed by atoms with Crippen molar-refractivity contribution in [1.82, 2.24) is 10.3 Å². The number of carboxylic acid groups (broad SMARTS) is 1. The van der Waals surface area contributed by atoms with Crippen LogP contribution in [0.3, 0.4) is 0 Å². The fourth-order valence-corrected chi connectivity index (χ4v) is 3.07. The van der Waals surface area contributed by atoms with E-state index in [1.165, 1.54) is 11.1 Å². The van der Waals surface area contributed by atoms with E-state index in [0.717, 1.165) is 18.4 Å². The number of hydrogen-bond acceptors (Lipinski definition) is 3. The molecule has 0 saturated heterocycles. The zero-order chi connectivity index (χ0) is 14.7. The van der Waals surface area contributed by atoms with Crippen molar-refractivity contribution in [2.75, 3.05) is 0 Å². The van der Waals surface area contributed by atoms with Gasteiger partial charge in [0.25, 0.3) is 0 Å². The maximum absolute atomic E-state index is 11.6. The highest BCUT2D eigenvalue weighted by molar-refractivity contribution is 5.75. The van der Waals surface area contributed by atoms with Crippen LogP contribution < -0.4 is 5.32 Å². The first-order valence-electron chi connectivity index (χ1n) is 7.18. The maximum atomic E-state index is 11.6. The number of aromatic nitrogens is 1. The van der Waals surface area contributed by atoms with Gasteiger partial charge in [0.15, 0.2) is 0 Å². The monoisotopic (exact) mass is 282 g/mol. The molecule has 0 saturated carbocycles. The summed E-state index contributed by atoms with van der Waals surface area (Å²) in [5.74, 6) is -0.754. The average molecular weight is 282 g/mol. The van der Waals surface area contributed by atoms with E-state index in [9.17, 15) is 9.90 Å². The molecule has 0 fully saturated rings. The summed E-state index contributed by atoms with van der Waals surface area (Å²) >= 11 is 0. The summed E-state index contributed by atoms with van der Waals surface area (Å²) < 4.78 is 0. The van der Waals surface area contributed by atoms with E-state index < -0.39 is 12.0 Å². The zero-order valence-corrected chi connectivity index (χ0v) is 11.7. The fourth-order valence-electron chi connectivity index (χ4n) is 3.07. The number of rotatable bonds is 5. The first-order chi connectivity index (χ1) is 10.3. The van der Waals surface area contributed by atoms with Gasteiger partial charge in [0.05, 0.1) is 0 Å². The molecule has 1 heterocycles. The first kappa shape index (κ1) is 13.8. The first-order valence-corrected chi connectivity index (χ1v) is 7.18. The maximum Gasteiger partial charge on any atom is 0.321 e. The van der Waals surface area contributed by atoms with Crippen LogP contribution in [0.2, 0.25) is 0 Å². The van der Waals surface area contributed by atoms with E-state index in [1.54, 1.807) is 12.4 Å². The number of pyridine rings is 1. The Bertz CT molecular complexity index is 628. The van der Waals surface area contributed by atoms with Crippen LogP contribution in [0.5, 0.6) is 0 Å². The molecule has 0 aliphatic heterocycles. The minimum absolute atomic E-state index is 0.0374. The molecule has 2 atom stereocenters. The van der Waals surface area contributed by atoms with Crippen molar-refractivity contribution >= 4 is 5.97 Å². The van der Waals surface area contributed by atoms with E-state index in [2.05, 4.69) is 22.4 Å². The third kappa shape index (κ3) is 2.95. The van der Waals surface area contributed by atoms with Gasteiger partial charge in [0.1, 0.15) is 6.04 Å². The van der Waals surface area contributed by atoms with Gasteiger partial charge in [-0.25, -0.2) is 0 Å². The predicted octanol–water partition coefficient (Wildman–Crippen LogP) is 2.35. The zero-order valence-electron chi connectivity index (χ0n) is 11.7. The summed E-state index contributed by atoms with van der Waals surface area (Å²) in [7, 11) is 0. The number of carbonyl (C=O) groups is 1. The van der Waals surface area contributed by atoms with Gasteiger partial charge in [-0.1, -0.05) is 30.3 Å². The molecular weight excluding hydrogens is 264 g/mol. The lowest BCUT2D eigenvalue weighted by molar-refractivity contribution is -0.140. The molecule has 0 bridgehead atoms. The van der Waals surface area contributed by atoms with Gasteiger partial charge in [-0.3, -0.25) is 15.1 Å². The number of hydrogen-bond donors (Lipinski definition) is 2. The van der Waals surface area contributed by atoms with Crippen LogP contribution in [0.4, 0.5) is 0 Å². The Morgan fingerprint density at radius 1 is 1.33 bits per heavy atom. The van der Waals surface area contributed by atoms with Crippen molar-refractivity contribution in [3.05, 3.63) is 65.5 Å². The largest absolute Gasteiger partial charge is 0.480 e. The van der Waals surface area contributed by atoms with Crippen molar-refractivity contribution < 1.29 is 9.90 Å². The van der Waals surface area contributed by atoms with Gasteiger partial charge >= 0.3 is 5.97 Å². The Balaban J connectivity index is 1.75. The predicted molar refractivity (Wildman–Crippen MR) is 80.0 cm³/mol. The molecule has 1 aliphatic carbocycles. The molecule has 2 N–H and O–H groups in total. The van der Waals surface area contributed by atoms with Crippen LogP contribution >= 0.6 is 0 Å². The van der Waals surface area contributed by atoms with E-state index in [0.29, 0.717) is 6.54 Å². The molecule has 21 heavy (non-hydrogen) atoms. The molecule has 0 radical (unpaired) electrons. The van der Waals surface area contributed by atoms with E-state index >= 15 is 0 Å². The van der Waals surface area contributed by atoms with Crippen molar-refractivity contribution in [3.63, 3.8) is 0 Å². The van der Waals surface area contributed by atoms with Gasteiger partial charge in [-0.2, -0.15) is 0 Å². The highest BCUT2D eigenvalue weighted by Crippen LogP contribution is 2.35. The van der Waals surface area contributed by atoms with Crippen molar-refractivity contribution in [1.29, 1.82) is 0 Å². The lowest BCUT2D eigenvalue weighted by Crippen LogP contribution is -2.40. The summed E-state index contributed by atoms with van der Waals surface area (Å²) in [6, 6.07) is 11.4. The third-order valence-electron chi connectivity index (χ3n) is 4.10. The van der Waals surface area contributed by atoms with Crippen LogP contribution in [0, 0.1) is 0 Å². The quantitative estimate of drug-likeness (QED) is 0.883. The SMILES string of the molecule is O=C(O)C(NCc1cccnc1)C1CCc2ccccc21. The molecule has 1 aromatic carbocycles. The molecule has 2 aromatic rings. The Kier molecular flexibility index (Phi) is 3.97. The summed E-state index contributed by atoms with van der Waals surface area (Å²) in [4.78, 5) is 15.7. The van der Waals surface area contributed by atoms with Gasteiger partial charge in [0, 0.05) is 24.9 Å². The molecule has 4 nitrogen and oxygen atoms in total. The van der Waals surface area contributed by atoms with Crippen LogP contribution in [0.15, 0.2) is 48.8 Å². The molecule has 108 valence electrons. The minimum Gasteiger partial charge on any atom is -0.480 e. The smallest absolute Gasteiger partial charge is 0.321 e. The number of nitrogens with one attached hydrogen (secondary N) is 1. The fraction of sp³-hybridized carbons (Fsp3) is 0.294. The lowest BCUT2D eigenvalue weighted by atomic mass is 9.93. The number of aliphatic carboxylic acids is 1. The topological polar surface area (TPSA) is 62.2 Å².